The molecular weight excluding hydrogens is 362 g/mol. The molecule has 2 aromatic carbocycles. The van der Waals surface area contributed by atoms with Gasteiger partial charge >= 0.3 is 6.03 Å². The van der Waals surface area contributed by atoms with Crippen molar-refractivity contribution in [1.82, 2.24) is 5.32 Å². The molecule has 2 aromatic rings. The molecule has 0 radical (unpaired) electrons. The van der Waals surface area contributed by atoms with Crippen LogP contribution in [0, 0.1) is 0 Å². The Balaban J connectivity index is 1.61. The van der Waals surface area contributed by atoms with E-state index in [1.165, 1.54) is 7.11 Å². The molecule has 3 amide bonds. The predicted octanol–water partition coefficient (Wildman–Crippen LogP) is 2.64. The Morgan fingerprint density at radius 2 is 1.82 bits per heavy atom. The third-order valence-electron chi connectivity index (χ3n) is 4.47. The first kappa shape index (κ1) is 19.3. The van der Waals surface area contributed by atoms with Crippen LogP contribution in [0.2, 0.25) is 0 Å². The summed E-state index contributed by atoms with van der Waals surface area (Å²) in [4.78, 5) is 26.3. The number of nitrogens with one attached hydrogen (secondary N) is 2. The van der Waals surface area contributed by atoms with Crippen LogP contribution in [0.1, 0.15) is 6.42 Å². The molecule has 28 heavy (non-hydrogen) atoms. The molecule has 8 heteroatoms. The van der Waals surface area contributed by atoms with Gasteiger partial charge in [0.2, 0.25) is 5.91 Å². The molecule has 0 saturated carbocycles. The number of hydrogen-bond acceptors (Lipinski definition) is 5. The second-order valence-electron chi connectivity index (χ2n) is 6.28. The van der Waals surface area contributed by atoms with Crippen molar-refractivity contribution in [1.29, 1.82) is 0 Å². The van der Waals surface area contributed by atoms with E-state index in [-0.39, 0.29) is 18.4 Å². The van der Waals surface area contributed by atoms with E-state index in [9.17, 15) is 9.59 Å². The Hall–Kier alpha value is -3.42. The predicted molar refractivity (Wildman–Crippen MR) is 105 cm³/mol. The Labute approximate surface area is 163 Å². The second-order valence-corrected chi connectivity index (χ2v) is 6.28. The zero-order valence-electron chi connectivity index (χ0n) is 16.0. The number of nitrogens with zero attached hydrogens (tertiary/aromatic N) is 1. The van der Waals surface area contributed by atoms with Crippen molar-refractivity contribution >= 4 is 23.3 Å². The number of ether oxygens (including phenoxy) is 3. The van der Waals surface area contributed by atoms with Gasteiger partial charge < -0.3 is 29.7 Å². The summed E-state index contributed by atoms with van der Waals surface area (Å²) in [6.45, 7) is 0.394. The molecule has 0 spiro atoms. The topological polar surface area (TPSA) is 89.1 Å². The number of hydrogen-bond donors (Lipinski definition) is 2. The molecule has 1 aliphatic heterocycles. The maximum absolute atomic E-state index is 12.4. The van der Waals surface area contributed by atoms with E-state index >= 15 is 0 Å². The molecule has 3 rings (SSSR count). The summed E-state index contributed by atoms with van der Waals surface area (Å²) >= 11 is 0. The molecule has 1 aliphatic rings. The minimum atomic E-state index is -0.391. The lowest BCUT2D eigenvalue weighted by molar-refractivity contribution is -0.117. The Morgan fingerprint density at radius 3 is 2.54 bits per heavy atom. The zero-order chi connectivity index (χ0) is 20.1. The van der Waals surface area contributed by atoms with Gasteiger partial charge in [-0.2, -0.15) is 0 Å². The summed E-state index contributed by atoms with van der Waals surface area (Å²) in [7, 11) is 4.65. The summed E-state index contributed by atoms with van der Waals surface area (Å²) in [5.41, 5.74) is 1.30. The Morgan fingerprint density at radius 1 is 1.04 bits per heavy atom. The van der Waals surface area contributed by atoms with Gasteiger partial charge in [0.25, 0.3) is 0 Å². The van der Waals surface area contributed by atoms with E-state index in [0.717, 1.165) is 5.69 Å². The fraction of sp³-hybridized carbons (Fsp3) is 0.300. The number of methoxy groups -OCH3 is 3. The molecule has 0 unspecified atom stereocenters. The van der Waals surface area contributed by atoms with Crippen LogP contribution in [0.15, 0.2) is 42.5 Å². The van der Waals surface area contributed by atoms with Gasteiger partial charge in [0.15, 0.2) is 11.5 Å². The summed E-state index contributed by atoms with van der Waals surface area (Å²) in [6.07, 6.45) is 0.233. The highest BCUT2D eigenvalue weighted by Crippen LogP contribution is 2.30. The lowest BCUT2D eigenvalue weighted by atomic mass is 10.2. The number of urea groups is 1. The van der Waals surface area contributed by atoms with Crippen molar-refractivity contribution in [2.45, 2.75) is 12.5 Å². The molecule has 1 atom stereocenters. The Bertz CT molecular complexity index is 871. The lowest BCUT2D eigenvalue weighted by Gasteiger charge is -2.18. The maximum Gasteiger partial charge on any atom is 0.319 e. The van der Waals surface area contributed by atoms with Crippen LogP contribution >= 0.6 is 0 Å². The minimum absolute atomic E-state index is 0.0512. The first-order chi connectivity index (χ1) is 13.5. The van der Waals surface area contributed by atoms with Crippen LogP contribution in [-0.4, -0.2) is 45.9 Å². The largest absolute Gasteiger partial charge is 0.497 e. The van der Waals surface area contributed by atoms with Crippen LogP contribution in [0.5, 0.6) is 17.2 Å². The maximum atomic E-state index is 12.4. The van der Waals surface area contributed by atoms with E-state index in [0.29, 0.717) is 29.5 Å². The van der Waals surface area contributed by atoms with Crippen LogP contribution < -0.4 is 29.7 Å². The monoisotopic (exact) mass is 385 g/mol. The number of benzene rings is 2. The highest BCUT2D eigenvalue weighted by Gasteiger charge is 2.31. The third-order valence-corrected chi connectivity index (χ3v) is 4.47. The summed E-state index contributed by atoms with van der Waals surface area (Å²) in [6, 6.07) is 11.7. The lowest BCUT2D eigenvalue weighted by Crippen LogP contribution is -2.39. The van der Waals surface area contributed by atoms with Gasteiger partial charge in [-0.15, -0.1) is 0 Å². The molecule has 1 fully saturated rings. The van der Waals surface area contributed by atoms with Crippen molar-refractivity contribution in [3.05, 3.63) is 42.5 Å². The third kappa shape index (κ3) is 4.28. The molecule has 1 saturated heterocycles. The SMILES string of the molecule is COc1cccc(N2C[C@@H](NC(=O)Nc3ccc(OC)c(OC)c3)CC2=O)c1. The van der Waals surface area contributed by atoms with E-state index in [2.05, 4.69) is 10.6 Å². The van der Waals surface area contributed by atoms with Crippen molar-refractivity contribution in [2.75, 3.05) is 38.1 Å². The van der Waals surface area contributed by atoms with Gasteiger partial charge in [0.05, 0.1) is 27.4 Å². The first-order valence-corrected chi connectivity index (χ1v) is 8.78. The van der Waals surface area contributed by atoms with Gasteiger partial charge in [-0.25, -0.2) is 4.79 Å². The van der Waals surface area contributed by atoms with Gasteiger partial charge in [0, 0.05) is 36.5 Å². The molecule has 0 aromatic heterocycles. The highest BCUT2D eigenvalue weighted by molar-refractivity contribution is 5.97. The number of rotatable bonds is 6. The van der Waals surface area contributed by atoms with Crippen molar-refractivity contribution in [3.8, 4) is 17.2 Å². The van der Waals surface area contributed by atoms with E-state index in [1.54, 1.807) is 43.4 Å². The standard InChI is InChI=1S/C20H23N3O5/c1-26-16-6-4-5-15(11-16)23-12-14(10-19(23)24)22-20(25)21-13-7-8-17(27-2)18(9-13)28-3/h4-9,11,14H,10,12H2,1-3H3,(H2,21,22,25)/t14-/m0/s1. The van der Waals surface area contributed by atoms with Gasteiger partial charge in [-0.1, -0.05) is 6.07 Å². The molecule has 0 bridgehead atoms. The molecule has 1 heterocycles. The van der Waals surface area contributed by atoms with Crippen LogP contribution in [0.3, 0.4) is 0 Å². The average molecular weight is 385 g/mol. The fourth-order valence-corrected chi connectivity index (χ4v) is 3.10. The van der Waals surface area contributed by atoms with Crippen LogP contribution in [0.25, 0.3) is 0 Å². The smallest absolute Gasteiger partial charge is 0.319 e. The molecule has 0 aliphatic carbocycles. The zero-order valence-corrected chi connectivity index (χ0v) is 16.0. The Kier molecular flexibility index (Phi) is 5.88. The van der Waals surface area contributed by atoms with Crippen molar-refractivity contribution in [3.63, 3.8) is 0 Å². The highest BCUT2D eigenvalue weighted by atomic mass is 16.5. The quantitative estimate of drug-likeness (QED) is 0.798. The average Bonchev–Trinajstić information content (AvgIpc) is 3.07. The first-order valence-electron chi connectivity index (χ1n) is 8.78. The number of carbonyl (C=O) groups is 2. The normalized spacial score (nSPS) is 15.9. The van der Waals surface area contributed by atoms with Gasteiger partial charge in [-0.3, -0.25) is 4.79 Å². The number of amides is 3. The second kappa shape index (κ2) is 8.51. The summed E-state index contributed by atoms with van der Waals surface area (Å²) < 4.78 is 15.6. The van der Waals surface area contributed by atoms with Crippen LogP contribution in [-0.2, 0) is 4.79 Å². The van der Waals surface area contributed by atoms with E-state index < -0.39 is 6.03 Å². The van der Waals surface area contributed by atoms with Crippen LogP contribution in [0.4, 0.5) is 16.2 Å². The van der Waals surface area contributed by atoms with E-state index in [1.807, 2.05) is 18.2 Å². The van der Waals surface area contributed by atoms with Gasteiger partial charge in [-0.05, 0) is 24.3 Å². The number of anilines is 2. The number of carbonyl (C=O) groups excluding carboxylic acids is 2. The molecule has 2 N–H and O–H groups in total. The summed E-state index contributed by atoms with van der Waals surface area (Å²) in [5.74, 6) is 1.71. The van der Waals surface area contributed by atoms with Crippen molar-refractivity contribution < 1.29 is 23.8 Å². The molecule has 8 nitrogen and oxygen atoms in total. The molecular formula is C20H23N3O5. The molecule has 148 valence electrons. The van der Waals surface area contributed by atoms with Gasteiger partial charge in [0.1, 0.15) is 5.75 Å². The minimum Gasteiger partial charge on any atom is -0.497 e. The van der Waals surface area contributed by atoms with E-state index in [4.69, 9.17) is 14.2 Å². The fourth-order valence-electron chi connectivity index (χ4n) is 3.10. The van der Waals surface area contributed by atoms with Crippen molar-refractivity contribution in [2.24, 2.45) is 0 Å². The summed E-state index contributed by atoms with van der Waals surface area (Å²) in [5, 5.41) is 5.58.